The highest BCUT2D eigenvalue weighted by Gasteiger charge is 2.11. The monoisotopic (exact) mass is 229 g/mol. The van der Waals surface area contributed by atoms with Crippen molar-refractivity contribution < 1.29 is 4.42 Å². The number of hydrogen-bond donors (Lipinski definition) is 1. The number of likely N-dealkylation sites (N-methyl/N-ethyl adjacent to an activating group) is 1. The van der Waals surface area contributed by atoms with Crippen molar-refractivity contribution in [3.8, 4) is 0 Å². The van der Waals surface area contributed by atoms with Gasteiger partial charge in [-0.2, -0.15) is 0 Å². The summed E-state index contributed by atoms with van der Waals surface area (Å²) in [6.07, 6.45) is 4.51. The summed E-state index contributed by atoms with van der Waals surface area (Å²) in [5.74, 6) is 0. The van der Waals surface area contributed by atoms with Crippen molar-refractivity contribution in [2.75, 3.05) is 6.54 Å². The average Bonchev–Trinajstić information content (AvgIpc) is 2.82. The molecule has 0 aliphatic rings. The molecule has 0 amide bonds. The summed E-state index contributed by atoms with van der Waals surface area (Å²) in [7, 11) is 0. The van der Waals surface area contributed by atoms with E-state index in [9.17, 15) is 0 Å². The predicted molar refractivity (Wildman–Crippen MR) is 70.0 cm³/mol. The van der Waals surface area contributed by atoms with E-state index < -0.39 is 0 Å². The molecule has 17 heavy (non-hydrogen) atoms. The van der Waals surface area contributed by atoms with E-state index >= 15 is 0 Å². The minimum atomic E-state index is 0.359. The third kappa shape index (κ3) is 3.21. The number of aryl methyl sites for hydroxylation is 1. The molecule has 2 nitrogen and oxygen atoms in total. The Morgan fingerprint density at radius 1 is 1.18 bits per heavy atom. The molecule has 0 fully saturated rings. The molecule has 1 heterocycles. The summed E-state index contributed by atoms with van der Waals surface area (Å²) in [6.45, 7) is 5.22. The Morgan fingerprint density at radius 3 is 2.53 bits per heavy atom. The normalized spacial score (nSPS) is 12.6. The lowest BCUT2D eigenvalue weighted by Gasteiger charge is -2.17. The minimum Gasteiger partial charge on any atom is -0.472 e. The number of nitrogens with one attached hydrogen (secondary N) is 1. The predicted octanol–water partition coefficient (Wildman–Crippen LogP) is 3.48. The first-order chi connectivity index (χ1) is 8.29. The van der Waals surface area contributed by atoms with Gasteiger partial charge < -0.3 is 9.73 Å². The topological polar surface area (TPSA) is 25.2 Å². The molecule has 0 aliphatic carbocycles. The molecule has 0 saturated carbocycles. The largest absolute Gasteiger partial charge is 0.472 e. The van der Waals surface area contributed by atoms with Gasteiger partial charge in [-0.1, -0.05) is 36.8 Å². The van der Waals surface area contributed by atoms with Crippen molar-refractivity contribution in [3.05, 3.63) is 59.5 Å². The molecule has 0 aliphatic heterocycles. The van der Waals surface area contributed by atoms with E-state index in [-0.39, 0.29) is 0 Å². The maximum atomic E-state index is 5.12. The number of hydrogen-bond acceptors (Lipinski definition) is 2. The third-order valence-electron chi connectivity index (χ3n) is 2.95. The van der Waals surface area contributed by atoms with Crippen molar-refractivity contribution >= 4 is 0 Å². The van der Waals surface area contributed by atoms with Crippen LogP contribution in [0.25, 0.3) is 0 Å². The van der Waals surface area contributed by atoms with E-state index in [1.54, 1.807) is 6.26 Å². The van der Waals surface area contributed by atoms with Gasteiger partial charge in [-0.05, 0) is 37.1 Å². The summed E-state index contributed by atoms with van der Waals surface area (Å²) in [4.78, 5) is 0. The molecule has 1 N–H and O–H groups in total. The minimum absolute atomic E-state index is 0.359. The molecule has 1 unspecified atom stereocenters. The van der Waals surface area contributed by atoms with Gasteiger partial charge in [-0.15, -0.1) is 0 Å². The van der Waals surface area contributed by atoms with E-state index in [0.717, 1.165) is 13.0 Å². The van der Waals surface area contributed by atoms with Crippen molar-refractivity contribution in [2.45, 2.75) is 26.3 Å². The molecule has 90 valence electrons. The zero-order valence-electron chi connectivity index (χ0n) is 10.4. The fourth-order valence-electron chi connectivity index (χ4n) is 2.00. The molecule has 1 aromatic carbocycles. The molecular weight excluding hydrogens is 210 g/mol. The zero-order valence-corrected chi connectivity index (χ0v) is 10.4. The molecule has 2 rings (SSSR count). The van der Waals surface area contributed by atoms with Crippen molar-refractivity contribution in [3.63, 3.8) is 0 Å². The first-order valence-electron chi connectivity index (χ1n) is 6.10. The Kier molecular flexibility index (Phi) is 3.99. The van der Waals surface area contributed by atoms with Crippen LogP contribution in [0.4, 0.5) is 0 Å². The summed E-state index contributed by atoms with van der Waals surface area (Å²) >= 11 is 0. The van der Waals surface area contributed by atoms with Gasteiger partial charge in [-0.3, -0.25) is 0 Å². The standard InChI is InChI=1S/C15H19NO/c1-3-16-15(10-13-8-9-17-11-13)14-6-4-12(2)5-7-14/h4-9,11,15-16H,3,10H2,1-2H3. The van der Waals surface area contributed by atoms with E-state index in [2.05, 4.69) is 43.4 Å². The van der Waals surface area contributed by atoms with E-state index in [1.165, 1.54) is 16.7 Å². The zero-order chi connectivity index (χ0) is 12.1. The number of benzene rings is 1. The van der Waals surface area contributed by atoms with Gasteiger partial charge in [0.05, 0.1) is 12.5 Å². The lowest BCUT2D eigenvalue weighted by atomic mass is 9.99. The van der Waals surface area contributed by atoms with Crippen LogP contribution in [0.1, 0.15) is 29.7 Å². The average molecular weight is 229 g/mol. The lowest BCUT2D eigenvalue weighted by Crippen LogP contribution is -2.22. The maximum absolute atomic E-state index is 5.12. The maximum Gasteiger partial charge on any atom is 0.0935 e. The Labute approximate surface area is 103 Å². The fourth-order valence-corrected chi connectivity index (χ4v) is 2.00. The second kappa shape index (κ2) is 5.69. The Bertz CT molecular complexity index is 430. The van der Waals surface area contributed by atoms with Gasteiger partial charge in [0, 0.05) is 6.04 Å². The first-order valence-corrected chi connectivity index (χ1v) is 6.10. The number of furan rings is 1. The molecule has 1 atom stereocenters. The van der Waals surface area contributed by atoms with Crippen molar-refractivity contribution in [1.82, 2.24) is 5.32 Å². The Hall–Kier alpha value is -1.54. The lowest BCUT2D eigenvalue weighted by molar-refractivity contribution is 0.535. The molecule has 0 saturated heterocycles. The van der Waals surface area contributed by atoms with Crippen LogP contribution >= 0.6 is 0 Å². The first kappa shape index (κ1) is 11.9. The van der Waals surface area contributed by atoms with Crippen LogP contribution in [0.2, 0.25) is 0 Å². The van der Waals surface area contributed by atoms with E-state index in [4.69, 9.17) is 4.42 Å². The van der Waals surface area contributed by atoms with Crippen LogP contribution in [-0.4, -0.2) is 6.54 Å². The molecule has 0 bridgehead atoms. The van der Waals surface area contributed by atoms with Crippen molar-refractivity contribution in [2.24, 2.45) is 0 Å². The molecule has 1 aromatic heterocycles. The van der Waals surface area contributed by atoms with Gasteiger partial charge in [0.1, 0.15) is 0 Å². The van der Waals surface area contributed by atoms with E-state index in [1.807, 2.05) is 12.3 Å². The molecule has 2 aromatic rings. The molecule has 2 heteroatoms. The molecular formula is C15H19NO. The van der Waals surface area contributed by atoms with Crippen molar-refractivity contribution in [1.29, 1.82) is 0 Å². The molecule has 0 spiro atoms. The second-order valence-electron chi connectivity index (χ2n) is 4.36. The summed E-state index contributed by atoms with van der Waals surface area (Å²) < 4.78 is 5.12. The summed E-state index contributed by atoms with van der Waals surface area (Å²) in [5.41, 5.74) is 3.86. The van der Waals surface area contributed by atoms with Gasteiger partial charge >= 0.3 is 0 Å². The quantitative estimate of drug-likeness (QED) is 0.849. The Balaban J connectivity index is 2.13. The highest BCUT2D eigenvalue weighted by atomic mass is 16.3. The van der Waals surface area contributed by atoms with Crippen LogP contribution in [-0.2, 0) is 6.42 Å². The second-order valence-corrected chi connectivity index (χ2v) is 4.36. The Morgan fingerprint density at radius 2 is 1.94 bits per heavy atom. The molecule has 0 radical (unpaired) electrons. The van der Waals surface area contributed by atoms with Crippen LogP contribution in [0.15, 0.2) is 47.3 Å². The highest BCUT2D eigenvalue weighted by molar-refractivity contribution is 5.25. The summed E-state index contributed by atoms with van der Waals surface area (Å²) in [6, 6.07) is 11.1. The fraction of sp³-hybridized carbons (Fsp3) is 0.333. The van der Waals surface area contributed by atoms with E-state index in [0.29, 0.717) is 6.04 Å². The van der Waals surface area contributed by atoms with Gasteiger partial charge in [0.15, 0.2) is 0 Å². The van der Waals surface area contributed by atoms with Crippen LogP contribution in [0, 0.1) is 6.92 Å². The van der Waals surface area contributed by atoms with Crippen LogP contribution in [0.3, 0.4) is 0 Å². The van der Waals surface area contributed by atoms with Crippen LogP contribution in [0.5, 0.6) is 0 Å². The smallest absolute Gasteiger partial charge is 0.0935 e. The SMILES string of the molecule is CCNC(Cc1ccoc1)c1ccc(C)cc1. The van der Waals surface area contributed by atoms with Gasteiger partial charge in [-0.25, -0.2) is 0 Å². The number of rotatable bonds is 5. The summed E-state index contributed by atoms with van der Waals surface area (Å²) in [5, 5.41) is 3.51. The highest BCUT2D eigenvalue weighted by Crippen LogP contribution is 2.19. The van der Waals surface area contributed by atoms with Crippen LogP contribution < -0.4 is 5.32 Å². The third-order valence-corrected chi connectivity index (χ3v) is 2.95. The van der Waals surface area contributed by atoms with Gasteiger partial charge in [0.25, 0.3) is 0 Å². The van der Waals surface area contributed by atoms with Gasteiger partial charge in [0.2, 0.25) is 0 Å².